The largest absolute Gasteiger partial charge is 0.456 e. The van der Waals surface area contributed by atoms with E-state index in [9.17, 15) is 0 Å². The summed E-state index contributed by atoms with van der Waals surface area (Å²) in [5.74, 6) is 0.570. The number of furan rings is 1. The first-order valence-corrected chi connectivity index (χ1v) is 15.0. The van der Waals surface area contributed by atoms with Crippen LogP contribution in [0.25, 0.3) is 66.4 Å². The fraction of sp³-hybridized carbons (Fsp3) is 0. The van der Waals surface area contributed by atoms with Gasteiger partial charge in [-0.1, -0.05) is 109 Å². The first kappa shape index (κ1) is 25.4. The van der Waals surface area contributed by atoms with Crippen LogP contribution in [0, 0.1) is 0 Å². The predicted molar refractivity (Wildman–Crippen MR) is 184 cm³/mol. The summed E-state index contributed by atoms with van der Waals surface area (Å²) in [5, 5.41) is 4.27. The molecule has 0 N–H and O–H groups in total. The lowest BCUT2D eigenvalue weighted by atomic mass is 10.0. The molecule has 0 bridgehead atoms. The molecule has 0 aliphatic rings. The summed E-state index contributed by atoms with van der Waals surface area (Å²) in [6.45, 7) is 0. The van der Waals surface area contributed by atoms with Gasteiger partial charge in [0.1, 0.15) is 16.7 Å². The van der Waals surface area contributed by atoms with Gasteiger partial charge >= 0.3 is 0 Å². The Morgan fingerprint density at radius 2 is 1.16 bits per heavy atom. The van der Waals surface area contributed by atoms with Crippen LogP contribution in [0.2, 0.25) is 0 Å². The quantitative estimate of drug-likeness (QED) is 0.204. The van der Waals surface area contributed by atoms with Gasteiger partial charge in [0.2, 0.25) is 5.89 Å². The van der Waals surface area contributed by atoms with E-state index >= 15 is 0 Å². The topological polar surface area (TPSA) is 42.4 Å². The summed E-state index contributed by atoms with van der Waals surface area (Å²) in [6.07, 6.45) is 0. The first-order chi connectivity index (χ1) is 22.3. The maximum Gasteiger partial charge on any atom is 0.227 e. The number of aromatic nitrogens is 1. The summed E-state index contributed by atoms with van der Waals surface area (Å²) < 4.78 is 13.1. The molecule has 0 radical (unpaired) electrons. The van der Waals surface area contributed by atoms with E-state index < -0.39 is 0 Å². The molecule has 7 aromatic carbocycles. The molecule has 0 aliphatic heterocycles. The third-order valence-corrected chi connectivity index (χ3v) is 8.45. The van der Waals surface area contributed by atoms with E-state index in [0.717, 1.165) is 66.6 Å². The van der Waals surface area contributed by atoms with Gasteiger partial charge in [-0.05, 0) is 64.4 Å². The highest BCUT2D eigenvalue weighted by atomic mass is 16.4. The molecule has 9 aromatic rings. The van der Waals surface area contributed by atoms with Crippen molar-refractivity contribution in [3.05, 3.63) is 158 Å². The van der Waals surface area contributed by atoms with E-state index in [-0.39, 0.29) is 0 Å². The minimum atomic E-state index is 0.570. The smallest absolute Gasteiger partial charge is 0.227 e. The van der Waals surface area contributed by atoms with E-state index in [1.165, 1.54) is 5.39 Å². The average Bonchev–Trinajstić information content (AvgIpc) is 3.71. The van der Waals surface area contributed by atoms with Crippen LogP contribution in [0.3, 0.4) is 0 Å². The monoisotopic (exact) mass is 578 g/mol. The summed E-state index contributed by atoms with van der Waals surface area (Å²) in [6, 6.07) is 54.4. The highest BCUT2D eigenvalue weighted by Gasteiger charge is 2.25. The van der Waals surface area contributed by atoms with Crippen LogP contribution >= 0.6 is 0 Å². The summed E-state index contributed by atoms with van der Waals surface area (Å²) in [4.78, 5) is 7.45. The van der Waals surface area contributed by atoms with Crippen molar-refractivity contribution in [1.82, 2.24) is 4.98 Å². The van der Waals surface area contributed by atoms with E-state index in [1.807, 2.05) is 54.6 Å². The van der Waals surface area contributed by atoms with Crippen molar-refractivity contribution in [1.29, 1.82) is 0 Å². The number of anilines is 3. The Morgan fingerprint density at radius 1 is 0.467 bits per heavy atom. The molecule has 0 spiro atoms. The predicted octanol–water partition coefficient (Wildman–Crippen LogP) is 11.7. The van der Waals surface area contributed by atoms with Gasteiger partial charge in [-0.2, -0.15) is 0 Å². The maximum atomic E-state index is 6.66. The Hall–Kier alpha value is -6.13. The van der Waals surface area contributed by atoms with Crippen molar-refractivity contribution in [2.45, 2.75) is 0 Å². The van der Waals surface area contributed by atoms with E-state index in [2.05, 4.69) is 108 Å². The molecule has 45 heavy (non-hydrogen) atoms. The molecule has 0 amide bonds. The molecule has 9 rings (SSSR count). The van der Waals surface area contributed by atoms with Crippen molar-refractivity contribution in [2.75, 3.05) is 4.90 Å². The molecule has 0 fully saturated rings. The molecule has 2 aromatic heterocycles. The fourth-order valence-electron chi connectivity index (χ4n) is 6.33. The molecule has 0 saturated carbocycles. The van der Waals surface area contributed by atoms with Gasteiger partial charge in [-0.15, -0.1) is 0 Å². The minimum Gasteiger partial charge on any atom is -0.456 e. The first-order valence-electron chi connectivity index (χ1n) is 15.0. The van der Waals surface area contributed by atoms with Crippen LogP contribution in [-0.2, 0) is 0 Å². The number of fused-ring (bicyclic) bond motifs is 6. The minimum absolute atomic E-state index is 0.570. The van der Waals surface area contributed by atoms with E-state index in [1.54, 1.807) is 0 Å². The van der Waals surface area contributed by atoms with Gasteiger partial charge in [-0.25, -0.2) is 4.98 Å². The Kier molecular flexibility index (Phi) is 5.78. The second kappa shape index (κ2) is 10.2. The van der Waals surface area contributed by atoms with Crippen LogP contribution < -0.4 is 4.90 Å². The van der Waals surface area contributed by atoms with Crippen LogP contribution in [0.15, 0.2) is 167 Å². The molecular weight excluding hydrogens is 552 g/mol. The maximum absolute atomic E-state index is 6.66. The number of benzene rings is 7. The lowest BCUT2D eigenvalue weighted by Crippen LogP contribution is -2.11. The third-order valence-electron chi connectivity index (χ3n) is 8.45. The van der Waals surface area contributed by atoms with Gasteiger partial charge < -0.3 is 13.7 Å². The van der Waals surface area contributed by atoms with Gasteiger partial charge in [0.25, 0.3) is 0 Å². The van der Waals surface area contributed by atoms with Crippen molar-refractivity contribution >= 4 is 60.9 Å². The van der Waals surface area contributed by atoms with Crippen molar-refractivity contribution < 1.29 is 8.83 Å². The Morgan fingerprint density at radius 3 is 2.00 bits per heavy atom. The highest BCUT2D eigenvalue weighted by molar-refractivity contribution is 6.20. The van der Waals surface area contributed by atoms with Gasteiger partial charge in [0.05, 0.1) is 11.1 Å². The van der Waals surface area contributed by atoms with Gasteiger partial charge in [0.15, 0.2) is 5.58 Å². The van der Waals surface area contributed by atoms with Crippen molar-refractivity contribution in [2.24, 2.45) is 0 Å². The number of nitrogens with zero attached hydrogens (tertiary/aromatic N) is 2. The molecule has 4 heteroatoms. The van der Waals surface area contributed by atoms with Crippen LogP contribution in [0.1, 0.15) is 0 Å². The highest BCUT2D eigenvalue weighted by Crippen LogP contribution is 2.46. The van der Waals surface area contributed by atoms with Crippen molar-refractivity contribution in [3.63, 3.8) is 0 Å². The molecule has 2 heterocycles. The van der Waals surface area contributed by atoms with E-state index in [4.69, 9.17) is 13.8 Å². The number of para-hydroxylation sites is 1. The molecule has 0 aliphatic carbocycles. The normalized spacial score (nSPS) is 11.6. The summed E-state index contributed by atoms with van der Waals surface area (Å²) >= 11 is 0. The zero-order chi connectivity index (χ0) is 29.7. The number of hydrogen-bond acceptors (Lipinski definition) is 4. The Bertz CT molecular complexity index is 2490. The lowest BCUT2D eigenvalue weighted by molar-refractivity contribution is 0.622. The summed E-state index contributed by atoms with van der Waals surface area (Å²) in [7, 11) is 0. The molecule has 212 valence electrons. The van der Waals surface area contributed by atoms with Crippen LogP contribution in [-0.4, -0.2) is 4.98 Å². The second-order valence-electron chi connectivity index (χ2n) is 11.2. The van der Waals surface area contributed by atoms with E-state index in [0.29, 0.717) is 11.5 Å². The summed E-state index contributed by atoms with van der Waals surface area (Å²) in [5.41, 5.74) is 9.14. The van der Waals surface area contributed by atoms with Crippen LogP contribution in [0.4, 0.5) is 17.1 Å². The SMILES string of the molecule is c1ccc(-c2cccc(N(c3ccc4ccccc4c3)c3cc4oc5ccccc5c4c4oc(-c5ccccc5)nc34)c2)cc1. The molecule has 0 atom stereocenters. The third kappa shape index (κ3) is 4.27. The molecular formula is C41H26N2O2. The Labute approximate surface area is 259 Å². The molecule has 0 saturated heterocycles. The number of hydrogen-bond donors (Lipinski definition) is 0. The van der Waals surface area contributed by atoms with Crippen LogP contribution in [0.5, 0.6) is 0 Å². The van der Waals surface area contributed by atoms with Gasteiger partial charge in [-0.3, -0.25) is 0 Å². The number of oxazole rings is 1. The lowest BCUT2D eigenvalue weighted by Gasteiger charge is -2.26. The Balaban J connectivity index is 1.37. The fourth-order valence-corrected chi connectivity index (χ4v) is 6.33. The van der Waals surface area contributed by atoms with Gasteiger partial charge in [0, 0.05) is 28.4 Å². The van der Waals surface area contributed by atoms with Crippen molar-refractivity contribution in [3.8, 4) is 22.6 Å². The molecule has 4 nitrogen and oxygen atoms in total. The zero-order valence-corrected chi connectivity index (χ0v) is 24.2. The standard InChI is InChI=1S/C41H26N2O2/c1-3-12-27(13-4-1)31-18-11-19-32(24-31)43(33-23-22-28-14-7-8-17-30(28)25-33)35-26-37-38(34-20-9-10-21-36(34)44-37)40-39(35)42-41(45-40)29-15-5-2-6-16-29/h1-26H. The second-order valence-corrected chi connectivity index (χ2v) is 11.2. The zero-order valence-electron chi connectivity index (χ0n) is 24.2. The molecule has 0 unspecified atom stereocenters. The number of rotatable bonds is 5. The average molecular weight is 579 g/mol.